The fraction of sp³-hybridized carbons (Fsp3) is 0.304. The zero-order chi connectivity index (χ0) is 40.5. The Balaban J connectivity index is 1.18. The van der Waals surface area contributed by atoms with Crippen molar-refractivity contribution in [2.75, 3.05) is 51.3 Å². The summed E-state index contributed by atoms with van der Waals surface area (Å²) in [6.07, 6.45) is 0.749. The second-order valence-electron chi connectivity index (χ2n) is 15.3. The van der Waals surface area contributed by atoms with E-state index >= 15 is 4.79 Å². The average molecular weight is 779 g/mol. The van der Waals surface area contributed by atoms with Gasteiger partial charge < -0.3 is 33.8 Å². The highest BCUT2D eigenvalue weighted by atomic mass is 16.6. The van der Waals surface area contributed by atoms with Crippen LogP contribution in [0.4, 0.5) is 10.5 Å². The molecule has 3 amide bonds. The van der Waals surface area contributed by atoms with Crippen LogP contribution < -0.4 is 9.64 Å². The van der Waals surface area contributed by atoms with Gasteiger partial charge in [0, 0.05) is 87.6 Å². The molecule has 1 aromatic heterocycles. The van der Waals surface area contributed by atoms with E-state index in [-0.39, 0.29) is 30.2 Å². The molecule has 58 heavy (non-hydrogen) atoms. The Morgan fingerprint density at radius 2 is 1.60 bits per heavy atom. The summed E-state index contributed by atoms with van der Waals surface area (Å²) in [5.41, 5.74) is 8.52. The van der Waals surface area contributed by atoms with Gasteiger partial charge in [-0.15, -0.1) is 0 Å². The maximum absolute atomic E-state index is 15.4. The number of morpholine rings is 1. The van der Waals surface area contributed by atoms with Gasteiger partial charge in [-0.1, -0.05) is 24.3 Å². The molecule has 12 heteroatoms. The number of ether oxygens (including phenoxy) is 2. The minimum absolute atomic E-state index is 0.0884. The first-order valence-electron chi connectivity index (χ1n) is 19.6. The normalized spacial score (nSPS) is 16.6. The number of carbonyl (C=O) groups excluding carboxylic acids is 3. The number of fused-ring (bicyclic) bond motifs is 2. The van der Waals surface area contributed by atoms with Gasteiger partial charge in [0.1, 0.15) is 11.5 Å². The molecule has 3 aliphatic rings. The number of nitrogens with zero attached hydrogens (tertiary/aromatic N) is 6. The number of hydrogen-bond donors (Lipinski definition) is 1. The Labute approximate surface area is 338 Å². The summed E-state index contributed by atoms with van der Waals surface area (Å²) in [7, 11) is 3.62. The van der Waals surface area contributed by atoms with Crippen molar-refractivity contribution in [1.29, 1.82) is 5.26 Å². The van der Waals surface area contributed by atoms with Crippen LogP contribution in [0.5, 0.6) is 11.5 Å². The minimum atomic E-state index is -0.510. The van der Waals surface area contributed by atoms with Crippen LogP contribution >= 0.6 is 0 Å². The van der Waals surface area contributed by atoms with E-state index in [1.165, 1.54) is 5.56 Å². The van der Waals surface area contributed by atoms with Crippen molar-refractivity contribution >= 4 is 23.6 Å². The fourth-order valence-corrected chi connectivity index (χ4v) is 8.29. The first kappa shape index (κ1) is 38.5. The molecular weight excluding hydrogens is 733 g/mol. The van der Waals surface area contributed by atoms with E-state index in [9.17, 15) is 20.0 Å². The third-order valence-electron chi connectivity index (χ3n) is 11.8. The zero-order valence-electron chi connectivity index (χ0n) is 33.0. The summed E-state index contributed by atoms with van der Waals surface area (Å²) in [5, 5.41) is 19.0. The largest absolute Gasteiger partial charge is 0.508 e. The molecule has 0 radical (unpaired) electrons. The lowest BCUT2D eigenvalue weighted by Gasteiger charge is -2.41. The molecule has 1 saturated heterocycles. The standard InChI is InChI=1S/C46H46N6O6/c1-30-40(44(54)49(3)36-10-12-38(53)13-11-36)25-43(48(30)2)41-23-33-16-17-51(46(56)58-39-14-8-31(26-47)9-15-39)27-35(33)24-42(41)45(55)52-28-34-7-5-4-6-32(34)22-37(52)29-50-18-20-57-21-19-50/h4-15,23-25,37,53H,16-22,27-29H2,1-3H3. The number of hydrogen-bond acceptors (Lipinski definition) is 8. The van der Waals surface area contributed by atoms with E-state index < -0.39 is 6.09 Å². The number of aromatic nitrogens is 1. The Morgan fingerprint density at radius 3 is 2.33 bits per heavy atom. The predicted molar refractivity (Wildman–Crippen MR) is 219 cm³/mol. The van der Waals surface area contributed by atoms with Gasteiger partial charge >= 0.3 is 6.09 Å². The number of amides is 3. The van der Waals surface area contributed by atoms with E-state index in [0.717, 1.165) is 53.2 Å². The average Bonchev–Trinajstić information content (AvgIpc) is 3.55. The number of phenols is 1. The third-order valence-corrected chi connectivity index (χ3v) is 11.8. The maximum Gasteiger partial charge on any atom is 0.415 e. The Hall–Kier alpha value is -6.42. The summed E-state index contributed by atoms with van der Waals surface area (Å²) >= 11 is 0. The first-order valence-corrected chi connectivity index (χ1v) is 19.6. The smallest absolute Gasteiger partial charge is 0.415 e. The molecule has 3 aliphatic heterocycles. The van der Waals surface area contributed by atoms with Gasteiger partial charge in [-0.2, -0.15) is 5.26 Å². The van der Waals surface area contributed by atoms with Gasteiger partial charge in [0.25, 0.3) is 11.8 Å². The third kappa shape index (κ3) is 7.66. The van der Waals surface area contributed by atoms with Crippen molar-refractivity contribution in [2.45, 2.75) is 38.9 Å². The Bertz CT molecular complexity index is 2410. The van der Waals surface area contributed by atoms with Crippen LogP contribution in [0.25, 0.3) is 11.3 Å². The SMILES string of the molecule is Cc1c(C(=O)N(C)c2ccc(O)cc2)cc(-c2cc3c(cc2C(=O)N2Cc4ccccc4CC2CN2CCOCC2)CN(C(=O)Oc2ccc(C#N)cc2)CC3)n1C. The van der Waals surface area contributed by atoms with E-state index in [1.807, 2.05) is 41.6 Å². The molecule has 5 aromatic rings. The number of anilines is 1. The van der Waals surface area contributed by atoms with Crippen LogP contribution in [-0.4, -0.2) is 94.8 Å². The van der Waals surface area contributed by atoms with Crippen LogP contribution in [0.3, 0.4) is 0 Å². The van der Waals surface area contributed by atoms with E-state index in [1.54, 1.807) is 65.4 Å². The summed E-state index contributed by atoms with van der Waals surface area (Å²) in [4.78, 5) is 50.4. The lowest BCUT2D eigenvalue weighted by atomic mass is 9.89. The molecule has 0 aliphatic carbocycles. The molecule has 4 heterocycles. The monoisotopic (exact) mass is 778 g/mol. The molecule has 4 aromatic carbocycles. The molecule has 1 fully saturated rings. The lowest BCUT2D eigenvalue weighted by Crippen LogP contribution is -2.52. The molecule has 296 valence electrons. The maximum atomic E-state index is 15.4. The van der Waals surface area contributed by atoms with Gasteiger partial charge in [0.05, 0.1) is 30.4 Å². The second kappa shape index (κ2) is 16.2. The van der Waals surface area contributed by atoms with Gasteiger partial charge in [0.15, 0.2) is 0 Å². The number of phenolic OH excluding ortho intramolecular Hbond substituents is 1. The van der Waals surface area contributed by atoms with Crippen molar-refractivity contribution in [2.24, 2.45) is 7.05 Å². The van der Waals surface area contributed by atoms with Crippen LogP contribution in [0.1, 0.15) is 54.2 Å². The number of carbonyl (C=O) groups is 3. The highest BCUT2D eigenvalue weighted by Crippen LogP contribution is 2.36. The van der Waals surface area contributed by atoms with Crippen molar-refractivity contribution in [3.8, 4) is 28.8 Å². The molecule has 0 bridgehead atoms. The summed E-state index contributed by atoms with van der Waals surface area (Å²) < 4.78 is 13.3. The first-order chi connectivity index (χ1) is 28.1. The molecule has 1 atom stereocenters. The van der Waals surface area contributed by atoms with Gasteiger partial charge in [0.2, 0.25) is 0 Å². The predicted octanol–water partition coefficient (Wildman–Crippen LogP) is 6.31. The van der Waals surface area contributed by atoms with Crippen molar-refractivity contribution in [3.63, 3.8) is 0 Å². The summed E-state index contributed by atoms with van der Waals surface area (Å²) in [6.45, 7) is 6.65. The van der Waals surface area contributed by atoms with E-state index in [0.29, 0.717) is 67.4 Å². The molecule has 0 spiro atoms. The summed E-state index contributed by atoms with van der Waals surface area (Å²) in [6, 6.07) is 29.1. The van der Waals surface area contributed by atoms with Gasteiger partial charge in [-0.05, 0) is 109 Å². The van der Waals surface area contributed by atoms with Gasteiger partial charge in [-0.25, -0.2) is 4.79 Å². The zero-order valence-corrected chi connectivity index (χ0v) is 33.0. The van der Waals surface area contributed by atoms with E-state index in [4.69, 9.17) is 9.47 Å². The number of aromatic hydroxyl groups is 1. The Morgan fingerprint density at radius 1 is 0.879 bits per heavy atom. The molecule has 1 N–H and O–H groups in total. The number of rotatable bonds is 7. The van der Waals surface area contributed by atoms with E-state index in [2.05, 4.69) is 35.2 Å². The van der Waals surface area contributed by atoms with Gasteiger partial charge in [-0.3, -0.25) is 14.5 Å². The Kier molecular flexibility index (Phi) is 10.7. The van der Waals surface area contributed by atoms with Crippen molar-refractivity contribution in [3.05, 3.63) is 136 Å². The number of benzene rings is 4. The molecule has 0 saturated carbocycles. The number of nitriles is 1. The van der Waals surface area contributed by atoms with Crippen molar-refractivity contribution < 1.29 is 29.0 Å². The van der Waals surface area contributed by atoms with Crippen LogP contribution in [0.15, 0.2) is 91.0 Å². The topological polar surface area (TPSA) is 132 Å². The van der Waals surface area contributed by atoms with Crippen LogP contribution in [0, 0.1) is 18.3 Å². The lowest BCUT2D eigenvalue weighted by molar-refractivity contribution is 0.0193. The fourth-order valence-electron chi connectivity index (χ4n) is 8.29. The van der Waals surface area contributed by atoms with Crippen LogP contribution in [-0.2, 0) is 37.7 Å². The molecule has 8 rings (SSSR count). The second-order valence-corrected chi connectivity index (χ2v) is 15.3. The quantitative estimate of drug-likeness (QED) is 0.204. The molecule has 1 unspecified atom stereocenters. The van der Waals surface area contributed by atoms with Crippen LogP contribution in [0.2, 0.25) is 0 Å². The van der Waals surface area contributed by atoms with Crippen molar-refractivity contribution in [1.82, 2.24) is 19.3 Å². The highest BCUT2D eigenvalue weighted by Gasteiger charge is 2.35. The summed E-state index contributed by atoms with van der Waals surface area (Å²) in [5.74, 6) is 0.127. The minimum Gasteiger partial charge on any atom is -0.508 e. The molecule has 12 nitrogen and oxygen atoms in total. The molecular formula is C46H46N6O6. The highest BCUT2D eigenvalue weighted by molar-refractivity contribution is 6.08.